The number of imidazole rings is 1. The van der Waals surface area contributed by atoms with Gasteiger partial charge in [-0.15, -0.1) is 0 Å². The lowest BCUT2D eigenvalue weighted by Crippen LogP contribution is -2.37. The predicted octanol–water partition coefficient (Wildman–Crippen LogP) is 3.90. The lowest BCUT2D eigenvalue weighted by atomic mass is 9.81. The number of benzene rings is 2. The van der Waals surface area contributed by atoms with E-state index in [1.54, 1.807) is 11.1 Å². The van der Waals surface area contributed by atoms with Crippen LogP contribution in [0.3, 0.4) is 0 Å². The first-order chi connectivity index (χ1) is 19.4. The van der Waals surface area contributed by atoms with Crippen LogP contribution >= 0.6 is 0 Å². The number of nitrogen functional groups attached to an aromatic ring is 1. The maximum atomic E-state index is 13.3. The molecule has 1 aliphatic carbocycles. The summed E-state index contributed by atoms with van der Waals surface area (Å²) in [7, 11) is 1.81. The minimum Gasteiger partial charge on any atom is -0.382 e. The maximum absolute atomic E-state index is 13.3. The largest absolute Gasteiger partial charge is 0.382 e. The van der Waals surface area contributed by atoms with Crippen molar-refractivity contribution in [2.45, 2.75) is 51.1 Å². The van der Waals surface area contributed by atoms with Gasteiger partial charge in [-0.25, -0.2) is 4.98 Å². The molecule has 10 heteroatoms. The molecule has 0 aliphatic heterocycles. The summed E-state index contributed by atoms with van der Waals surface area (Å²) < 4.78 is 0. The third-order valence-corrected chi connectivity index (χ3v) is 8.03. The second-order valence-electron chi connectivity index (χ2n) is 10.8. The number of H-pyrrole nitrogens is 2. The Bertz CT molecular complexity index is 1440. The zero-order valence-corrected chi connectivity index (χ0v) is 22.9. The molecule has 2 heterocycles. The van der Waals surface area contributed by atoms with Gasteiger partial charge < -0.3 is 26.7 Å². The number of hydrogen-bond donors (Lipinski definition) is 5. The van der Waals surface area contributed by atoms with Crippen LogP contribution in [0, 0.1) is 11.8 Å². The van der Waals surface area contributed by atoms with Gasteiger partial charge >= 0.3 is 0 Å². The van der Waals surface area contributed by atoms with Crippen LogP contribution in [0.15, 0.2) is 54.7 Å². The summed E-state index contributed by atoms with van der Waals surface area (Å²) in [4.78, 5) is 36.1. The van der Waals surface area contributed by atoms with E-state index in [4.69, 9.17) is 11.5 Å². The smallest absolute Gasteiger partial charge is 0.223 e. The number of amides is 2. The third kappa shape index (κ3) is 6.34. The van der Waals surface area contributed by atoms with Crippen LogP contribution in [0.2, 0.25) is 0 Å². The molecule has 1 atom stereocenters. The molecule has 2 amide bonds. The number of fused-ring (bicyclic) bond motifs is 1. The Morgan fingerprint density at radius 1 is 1.12 bits per heavy atom. The van der Waals surface area contributed by atoms with Crippen molar-refractivity contribution in [3.05, 3.63) is 66.1 Å². The molecule has 2 aromatic heterocycles. The van der Waals surface area contributed by atoms with E-state index in [1.165, 1.54) is 0 Å². The van der Waals surface area contributed by atoms with Crippen LogP contribution in [0.5, 0.6) is 0 Å². The molecule has 40 heavy (non-hydrogen) atoms. The summed E-state index contributed by atoms with van der Waals surface area (Å²) in [6.45, 7) is 1.20. The van der Waals surface area contributed by atoms with Gasteiger partial charge in [-0.05, 0) is 62.3 Å². The standard InChI is InChI=1S/C30H38N8O2/c1-38(18-20-5-3-2-4-6-20)27(39)14-13-24(35-30(40)21-9-7-19(16-31)8-10-21)29-33-17-26(34-29)22-11-12-23-25(15-22)36-37-28(23)32/h2-6,11-12,15,17,19,21,24H,7-10,13-14,16,18,31H2,1H3,(H,33,34)(H,35,40)(H3,32,36,37)/t19?,21?,24-/m0/s1. The number of nitrogens with two attached hydrogens (primary N) is 2. The number of nitrogens with zero attached hydrogens (tertiary/aromatic N) is 3. The highest BCUT2D eigenvalue weighted by Gasteiger charge is 2.29. The average Bonchev–Trinajstić information content (AvgIpc) is 3.62. The number of hydrogen-bond acceptors (Lipinski definition) is 6. The number of nitrogens with one attached hydrogen (secondary N) is 3. The first-order valence-corrected chi connectivity index (χ1v) is 14.0. The summed E-state index contributed by atoms with van der Waals surface area (Å²) in [6.07, 6.45) is 6.06. The maximum Gasteiger partial charge on any atom is 0.223 e. The predicted molar refractivity (Wildman–Crippen MR) is 156 cm³/mol. The van der Waals surface area contributed by atoms with Gasteiger partial charge in [0.25, 0.3) is 0 Å². The van der Waals surface area contributed by atoms with E-state index >= 15 is 0 Å². The van der Waals surface area contributed by atoms with Gasteiger partial charge in [-0.3, -0.25) is 14.7 Å². The SMILES string of the molecule is CN(Cc1ccccc1)C(=O)CC[C@H](NC(=O)C1CCC(CN)CC1)c1ncc(-c2ccc3c(N)n[nH]c3c2)[nH]1. The highest BCUT2D eigenvalue weighted by atomic mass is 16.2. The molecule has 5 rings (SSSR count). The Hall–Kier alpha value is -4.18. The zero-order valence-electron chi connectivity index (χ0n) is 22.9. The number of aromatic amines is 2. The first kappa shape index (κ1) is 27.4. The minimum atomic E-state index is -0.422. The summed E-state index contributed by atoms with van der Waals surface area (Å²) in [5.41, 5.74) is 15.4. The molecule has 0 radical (unpaired) electrons. The summed E-state index contributed by atoms with van der Waals surface area (Å²) in [5.74, 6) is 1.55. The Morgan fingerprint density at radius 3 is 2.65 bits per heavy atom. The lowest BCUT2D eigenvalue weighted by molar-refractivity contribution is -0.131. The van der Waals surface area contributed by atoms with Crippen LogP contribution in [0.1, 0.15) is 56.0 Å². The number of rotatable bonds is 10. The Morgan fingerprint density at radius 2 is 1.90 bits per heavy atom. The molecule has 1 fully saturated rings. The van der Waals surface area contributed by atoms with Crippen molar-refractivity contribution in [3.63, 3.8) is 0 Å². The molecule has 0 spiro atoms. The molecule has 2 aromatic carbocycles. The molecule has 1 saturated carbocycles. The van der Waals surface area contributed by atoms with Crippen molar-refractivity contribution >= 4 is 28.5 Å². The van der Waals surface area contributed by atoms with Gasteiger partial charge in [0, 0.05) is 36.9 Å². The van der Waals surface area contributed by atoms with Gasteiger partial charge in [-0.1, -0.05) is 36.4 Å². The molecular weight excluding hydrogens is 504 g/mol. The van der Waals surface area contributed by atoms with E-state index in [9.17, 15) is 9.59 Å². The van der Waals surface area contributed by atoms with Gasteiger partial charge in [0.2, 0.25) is 11.8 Å². The molecule has 210 valence electrons. The van der Waals surface area contributed by atoms with Crippen molar-refractivity contribution in [2.75, 3.05) is 19.3 Å². The second-order valence-corrected chi connectivity index (χ2v) is 10.8. The second kappa shape index (κ2) is 12.3. The fraction of sp³-hybridized carbons (Fsp3) is 0.400. The van der Waals surface area contributed by atoms with Gasteiger partial charge in [0.05, 0.1) is 23.4 Å². The van der Waals surface area contributed by atoms with Crippen molar-refractivity contribution in [1.29, 1.82) is 0 Å². The number of anilines is 1. The minimum absolute atomic E-state index is 0.0119. The topological polar surface area (TPSA) is 159 Å². The van der Waals surface area contributed by atoms with Crippen molar-refractivity contribution in [1.82, 2.24) is 30.4 Å². The lowest BCUT2D eigenvalue weighted by Gasteiger charge is -2.28. The van der Waals surface area contributed by atoms with Crippen LogP contribution in [0.25, 0.3) is 22.2 Å². The van der Waals surface area contributed by atoms with Crippen molar-refractivity contribution < 1.29 is 9.59 Å². The zero-order chi connectivity index (χ0) is 28.1. The van der Waals surface area contributed by atoms with Crippen LogP contribution < -0.4 is 16.8 Å². The number of carbonyl (C=O) groups excluding carboxylic acids is 2. The Labute approximate surface area is 233 Å². The Kier molecular flexibility index (Phi) is 8.45. The molecule has 7 N–H and O–H groups in total. The summed E-state index contributed by atoms with van der Waals surface area (Å²) in [6, 6.07) is 15.3. The molecule has 0 unspecified atom stereocenters. The van der Waals surface area contributed by atoms with E-state index < -0.39 is 6.04 Å². The summed E-state index contributed by atoms with van der Waals surface area (Å²) >= 11 is 0. The van der Waals surface area contributed by atoms with Gasteiger partial charge in [-0.2, -0.15) is 5.10 Å². The third-order valence-electron chi connectivity index (χ3n) is 8.03. The number of carbonyl (C=O) groups is 2. The monoisotopic (exact) mass is 542 g/mol. The van der Waals surface area contributed by atoms with Crippen molar-refractivity contribution in [2.24, 2.45) is 17.6 Å². The highest BCUT2D eigenvalue weighted by molar-refractivity contribution is 5.91. The molecular formula is C30H38N8O2. The molecule has 0 bridgehead atoms. The molecule has 1 aliphatic rings. The highest BCUT2D eigenvalue weighted by Crippen LogP contribution is 2.30. The van der Waals surface area contributed by atoms with Crippen molar-refractivity contribution in [3.8, 4) is 11.3 Å². The Balaban J connectivity index is 1.30. The van der Waals surface area contributed by atoms with Gasteiger partial charge in [0.1, 0.15) is 5.82 Å². The van der Waals surface area contributed by atoms with Crippen LogP contribution in [-0.2, 0) is 16.1 Å². The number of aromatic nitrogens is 4. The van der Waals surface area contributed by atoms with E-state index in [-0.39, 0.29) is 24.2 Å². The van der Waals surface area contributed by atoms with Gasteiger partial charge in [0.15, 0.2) is 5.82 Å². The van der Waals surface area contributed by atoms with E-state index in [2.05, 4.69) is 25.5 Å². The van der Waals surface area contributed by atoms with E-state index in [0.29, 0.717) is 37.1 Å². The van der Waals surface area contributed by atoms with E-state index in [1.807, 2.05) is 55.6 Å². The normalized spacial score (nSPS) is 17.9. The molecule has 0 saturated heterocycles. The fourth-order valence-corrected chi connectivity index (χ4v) is 5.50. The molecule has 4 aromatic rings. The first-order valence-electron chi connectivity index (χ1n) is 14.0. The van der Waals surface area contributed by atoms with Crippen LogP contribution in [-0.4, -0.2) is 50.5 Å². The van der Waals surface area contributed by atoms with E-state index in [0.717, 1.165) is 53.4 Å². The molecule has 10 nitrogen and oxygen atoms in total. The summed E-state index contributed by atoms with van der Waals surface area (Å²) in [5, 5.41) is 11.1. The quantitative estimate of drug-likeness (QED) is 0.204. The fourth-order valence-electron chi connectivity index (χ4n) is 5.50. The average molecular weight is 543 g/mol. The van der Waals surface area contributed by atoms with Crippen LogP contribution in [0.4, 0.5) is 5.82 Å².